The van der Waals surface area contributed by atoms with Crippen molar-refractivity contribution in [2.45, 2.75) is 52.0 Å². The SMILES string of the molecule is CC(CC(=O)NCc1ccc(N2CCCCC2=O)cc1)C1CCCNC1. The maximum absolute atomic E-state index is 12.2. The molecule has 1 aromatic carbocycles. The first kappa shape index (κ1) is 18.9. The number of nitrogens with one attached hydrogen (secondary N) is 2. The maximum atomic E-state index is 12.2. The van der Waals surface area contributed by atoms with Crippen molar-refractivity contribution in [3.8, 4) is 0 Å². The van der Waals surface area contributed by atoms with Gasteiger partial charge < -0.3 is 15.5 Å². The molecule has 2 N–H and O–H groups in total. The van der Waals surface area contributed by atoms with E-state index in [1.165, 1.54) is 12.8 Å². The largest absolute Gasteiger partial charge is 0.352 e. The van der Waals surface area contributed by atoms with E-state index in [0.29, 0.717) is 31.2 Å². The van der Waals surface area contributed by atoms with E-state index >= 15 is 0 Å². The number of hydrogen-bond acceptors (Lipinski definition) is 3. The van der Waals surface area contributed by atoms with Crippen LogP contribution in [0.2, 0.25) is 0 Å². The van der Waals surface area contributed by atoms with Crippen LogP contribution in [0.5, 0.6) is 0 Å². The number of rotatable bonds is 6. The lowest BCUT2D eigenvalue weighted by atomic mass is 9.85. The first-order valence-electron chi connectivity index (χ1n) is 10.00. The molecule has 0 aromatic heterocycles. The molecular formula is C21H31N3O2. The van der Waals surface area contributed by atoms with Crippen LogP contribution in [-0.4, -0.2) is 31.4 Å². The van der Waals surface area contributed by atoms with Gasteiger partial charge in [0.05, 0.1) is 0 Å². The Balaban J connectivity index is 1.45. The molecule has 0 aliphatic carbocycles. The molecule has 3 rings (SSSR count). The van der Waals surface area contributed by atoms with E-state index in [4.69, 9.17) is 0 Å². The molecular weight excluding hydrogens is 326 g/mol. The molecule has 2 aliphatic heterocycles. The zero-order valence-electron chi connectivity index (χ0n) is 15.8. The third-order valence-corrected chi connectivity index (χ3v) is 5.71. The van der Waals surface area contributed by atoms with Crippen molar-refractivity contribution >= 4 is 17.5 Å². The van der Waals surface area contributed by atoms with Crippen LogP contribution in [0.25, 0.3) is 0 Å². The van der Waals surface area contributed by atoms with Gasteiger partial charge >= 0.3 is 0 Å². The molecule has 0 saturated carbocycles. The fraction of sp³-hybridized carbons (Fsp3) is 0.619. The van der Waals surface area contributed by atoms with Gasteiger partial charge in [0.1, 0.15) is 0 Å². The lowest BCUT2D eigenvalue weighted by Crippen LogP contribution is -2.35. The van der Waals surface area contributed by atoms with Crippen LogP contribution in [0.1, 0.15) is 51.0 Å². The molecule has 26 heavy (non-hydrogen) atoms. The molecule has 142 valence electrons. The molecule has 2 aliphatic rings. The summed E-state index contributed by atoms with van der Waals surface area (Å²) in [4.78, 5) is 26.1. The second-order valence-corrected chi connectivity index (χ2v) is 7.73. The van der Waals surface area contributed by atoms with E-state index in [1.807, 2.05) is 29.2 Å². The van der Waals surface area contributed by atoms with Crippen molar-refractivity contribution in [3.05, 3.63) is 29.8 Å². The summed E-state index contributed by atoms with van der Waals surface area (Å²) in [7, 11) is 0. The van der Waals surface area contributed by atoms with Gasteiger partial charge in [-0.3, -0.25) is 9.59 Å². The van der Waals surface area contributed by atoms with E-state index in [2.05, 4.69) is 17.6 Å². The molecule has 2 atom stereocenters. The minimum Gasteiger partial charge on any atom is -0.352 e. The van der Waals surface area contributed by atoms with E-state index in [1.54, 1.807) is 0 Å². The lowest BCUT2D eigenvalue weighted by molar-refractivity contribution is -0.122. The van der Waals surface area contributed by atoms with Crippen molar-refractivity contribution in [3.63, 3.8) is 0 Å². The predicted octanol–water partition coefficient (Wildman–Crippen LogP) is 2.85. The van der Waals surface area contributed by atoms with E-state index in [9.17, 15) is 9.59 Å². The highest BCUT2D eigenvalue weighted by atomic mass is 16.2. The zero-order valence-corrected chi connectivity index (χ0v) is 15.8. The highest BCUT2D eigenvalue weighted by Gasteiger charge is 2.22. The van der Waals surface area contributed by atoms with E-state index < -0.39 is 0 Å². The molecule has 2 amide bonds. The fourth-order valence-corrected chi connectivity index (χ4v) is 3.97. The van der Waals surface area contributed by atoms with E-state index in [-0.39, 0.29) is 11.8 Å². The number of benzene rings is 1. The Bertz CT molecular complexity index is 608. The van der Waals surface area contributed by atoms with Gasteiger partial charge in [-0.1, -0.05) is 19.1 Å². The average Bonchev–Trinajstić information content (AvgIpc) is 2.68. The number of piperidine rings is 2. The standard InChI is InChI=1S/C21H31N3O2/c1-16(18-5-4-11-22-15-18)13-20(25)23-14-17-7-9-19(10-8-17)24-12-3-2-6-21(24)26/h7-10,16,18,22H,2-6,11-15H2,1H3,(H,23,25). The third-order valence-electron chi connectivity index (χ3n) is 5.71. The van der Waals surface area contributed by atoms with Gasteiger partial charge in [-0.25, -0.2) is 0 Å². The zero-order chi connectivity index (χ0) is 18.4. The number of carbonyl (C=O) groups is 2. The van der Waals surface area contributed by atoms with Crippen molar-refractivity contribution in [2.24, 2.45) is 11.8 Å². The number of hydrogen-bond donors (Lipinski definition) is 2. The number of anilines is 1. The minimum absolute atomic E-state index is 0.123. The second-order valence-electron chi connectivity index (χ2n) is 7.73. The molecule has 1 aromatic rings. The van der Waals surface area contributed by atoms with Gasteiger partial charge in [0, 0.05) is 31.6 Å². The van der Waals surface area contributed by atoms with Crippen molar-refractivity contribution in [1.29, 1.82) is 0 Å². The maximum Gasteiger partial charge on any atom is 0.226 e. The van der Waals surface area contributed by atoms with Gasteiger partial charge in [0.25, 0.3) is 0 Å². The summed E-state index contributed by atoms with van der Waals surface area (Å²) in [6.07, 6.45) is 5.73. The Morgan fingerprint density at radius 3 is 2.77 bits per heavy atom. The summed E-state index contributed by atoms with van der Waals surface area (Å²) in [5.41, 5.74) is 2.03. The highest BCUT2D eigenvalue weighted by molar-refractivity contribution is 5.93. The number of amides is 2. The Labute approximate surface area is 156 Å². The van der Waals surface area contributed by atoms with Crippen LogP contribution < -0.4 is 15.5 Å². The summed E-state index contributed by atoms with van der Waals surface area (Å²) < 4.78 is 0. The molecule has 2 unspecified atom stereocenters. The fourth-order valence-electron chi connectivity index (χ4n) is 3.97. The van der Waals surface area contributed by atoms with E-state index in [0.717, 1.165) is 43.7 Å². The third kappa shape index (κ3) is 5.07. The van der Waals surface area contributed by atoms with Crippen molar-refractivity contribution in [1.82, 2.24) is 10.6 Å². The number of carbonyl (C=O) groups excluding carboxylic acids is 2. The van der Waals surface area contributed by atoms with Crippen LogP contribution in [0, 0.1) is 11.8 Å². The molecule has 5 heteroatoms. The smallest absolute Gasteiger partial charge is 0.226 e. The van der Waals surface area contributed by atoms with Gasteiger partial charge in [-0.05, 0) is 68.3 Å². The molecule has 2 heterocycles. The van der Waals surface area contributed by atoms with Gasteiger partial charge in [0.2, 0.25) is 11.8 Å². The van der Waals surface area contributed by atoms with Crippen molar-refractivity contribution < 1.29 is 9.59 Å². The molecule has 2 saturated heterocycles. The first-order valence-corrected chi connectivity index (χ1v) is 10.00. The van der Waals surface area contributed by atoms with Crippen LogP contribution in [-0.2, 0) is 16.1 Å². The second kappa shape index (κ2) is 9.17. The molecule has 2 fully saturated rings. The molecule has 5 nitrogen and oxygen atoms in total. The normalized spacial score (nSPS) is 22.1. The van der Waals surface area contributed by atoms with Crippen LogP contribution in [0.15, 0.2) is 24.3 Å². The molecule has 0 bridgehead atoms. The molecule has 0 radical (unpaired) electrons. The Morgan fingerprint density at radius 1 is 1.27 bits per heavy atom. The monoisotopic (exact) mass is 357 g/mol. The van der Waals surface area contributed by atoms with Crippen molar-refractivity contribution in [2.75, 3.05) is 24.5 Å². The molecule has 0 spiro atoms. The average molecular weight is 357 g/mol. The predicted molar refractivity (Wildman–Crippen MR) is 104 cm³/mol. The number of nitrogens with zero attached hydrogens (tertiary/aromatic N) is 1. The summed E-state index contributed by atoms with van der Waals surface area (Å²) in [6, 6.07) is 7.99. The Morgan fingerprint density at radius 2 is 2.08 bits per heavy atom. The summed E-state index contributed by atoms with van der Waals surface area (Å²) in [5.74, 6) is 1.35. The first-order chi connectivity index (χ1) is 12.6. The summed E-state index contributed by atoms with van der Waals surface area (Å²) >= 11 is 0. The topological polar surface area (TPSA) is 61.4 Å². The summed E-state index contributed by atoms with van der Waals surface area (Å²) in [6.45, 7) is 5.67. The Kier molecular flexibility index (Phi) is 6.67. The van der Waals surface area contributed by atoms with Gasteiger partial charge in [-0.2, -0.15) is 0 Å². The quantitative estimate of drug-likeness (QED) is 0.823. The van der Waals surface area contributed by atoms with Crippen LogP contribution in [0.4, 0.5) is 5.69 Å². The van der Waals surface area contributed by atoms with Crippen LogP contribution >= 0.6 is 0 Å². The highest BCUT2D eigenvalue weighted by Crippen LogP contribution is 2.23. The summed E-state index contributed by atoms with van der Waals surface area (Å²) in [5, 5.41) is 6.46. The minimum atomic E-state index is 0.123. The van der Waals surface area contributed by atoms with Gasteiger partial charge in [0.15, 0.2) is 0 Å². The van der Waals surface area contributed by atoms with Gasteiger partial charge in [-0.15, -0.1) is 0 Å². The van der Waals surface area contributed by atoms with Crippen LogP contribution in [0.3, 0.4) is 0 Å². The lowest BCUT2D eigenvalue weighted by Gasteiger charge is -2.28. The Hall–Kier alpha value is -1.88.